The van der Waals surface area contributed by atoms with Crippen molar-refractivity contribution in [3.05, 3.63) is 12.2 Å². The van der Waals surface area contributed by atoms with Gasteiger partial charge in [-0.3, -0.25) is 9.59 Å². The van der Waals surface area contributed by atoms with Crippen molar-refractivity contribution in [3.63, 3.8) is 0 Å². The van der Waals surface area contributed by atoms with Gasteiger partial charge in [0.05, 0.1) is 11.3 Å². The summed E-state index contributed by atoms with van der Waals surface area (Å²) in [7, 11) is 0. The number of allylic oxidation sites excluding steroid dienone is 2. The van der Waals surface area contributed by atoms with Crippen molar-refractivity contribution in [3.8, 4) is 0 Å². The van der Waals surface area contributed by atoms with Gasteiger partial charge in [0.25, 0.3) is 0 Å². The van der Waals surface area contributed by atoms with Crippen LogP contribution in [0.25, 0.3) is 0 Å². The molecule has 0 spiro atoms. The maximum atomic E-state index is 11.1. The Morgan fingerprint density at radius 2 is 2.00 bits per heavy atom. The molecular weight excluding hydrogens is 184 g/mol. The van der Waals surface area contributed by atoms with Crippen molar-refractivity contribution in [1.29, 1.82) is 0 Å². The van der Waals surface area contributed by atoms with E-state index in [0.29, 0.717) is 6.42 Å². The van der Waals surface area contributed by atoms with Crippen LogP contribution in [0.1, 0.15) is 13.3 Å². The first kappa shape index (κ1) is 9.24. The average molecular weight is 196 g/mol. The van der Waals surface area contributed by atoms with E-state index < -0.39 is 23.3 Å². The number of rotatable bonds is 2. The van der Waals surface area contributed by atoms with E-state index >= 15 is 0 Å². The number of aliphatic carboxylic acids is 2. The predicted octanol–water partition coefficient (Wildman–Crippen LogP) is 0.984. The molecule has 4 atom stereocenters. The summed E-state index contributed by atoms with van der Waals surface area (Å²) in [6.45, 7) is 1.54. The van der Waals surface area contributed by atoms with Gasteiger partial charge in [0.1, 0.15) is 0 Å². The molecule has 0 unspecified atom stereocenters. The summed E-state index contributed by atoms with van der Waals surface area (Å²) in [6, 6.07) is 0. The normalized spacial score (nSPS) is 44.2. The highest BCUT2D eigenvalue weighted by molar-refractivity contribution is 5.85. The van der Waals surface area contributed by atoms with E-state index in [9.17, 15) is 9.59 Å². The van der Waals surface area contributed by atoms with E-state index in [1.54, 1.807) is 6.92 Å². The molecule has 0 aromatic heterocycles. The zero-order valence-electron chi connectivity index (χ0n) is 7.80. The monoisotopic (exact) mass is 196 g/mol. The van der Waals surface area contributed by atoms with Crippen LogP contribution >= 0.6 is 0 Å². The number of hydrogen-bond acceptors (Lipinski definition) is 2. The van der Waals surface area contributed by atoms with Gasteiger partial charge in [-0.25, -0.2) is 0 Å². The van der Waals surface area contributed by atoms with E-state index in [4.69, 9.17) is 10.2 Å². The Kier molecular flexibility index (Phi) is 1.71. The average Bonchev–Trinajstić information content (AvgIpc) is 2.61. The summed E-state index contributed by atoms with van der Waals surface area (Å²) in [5.74, 6) is -2.98. The Morgan fingerprint density at radius 1 is 1.36 bits per heavy atom. The number of carboxylic acid groups (broad SMARTS) is 2. The van der Waals surface area contributed by atoms with Gasteiger partial charge in [0.15, 0.2) is 0 Å². The number of hydrogen-bond donors (Lipinski definition) is 2. The molecule has 2 bridgehead atoms. The summed E-state index contributed by atoms with van der Waals surface area (Å²) in [5, 5.41) is 18.1. The predicted molar refractivity (Wildman–Crippen MR) is 47.6 cm³/mol. The van der Waals surface area contributed by atoms with Gasteiger partial charge >= 0.3 is 11.9 Å². The molecule has 1 fully saturated rings. The molecule has 14 heavy (non-hydrogen) atoms. The van der Waals surface area contributed by atoms with E-state index in [1.165, 1.54) is 0 Å². The van der Waals surface area contributed by atoms with Crippen molar-refractivity contribution in [2.45, 2.75) is 13.3 Å². The summed E-state index contributed by atoms with van der Waals surface area (Å²) in [6.07, 6.45) is 4.35. The van der Waals surface area contributed by atoms with Crippen LogP contribution < -0.4 is 0 Å². The molecule has 0 aliphatic heterocycles. The lowest BCUT2D eigenvalue weighted by atomic mass is 9.70. The molecule has 2 aliphatic rings. The molecule has 1 saturated carbocycles. The zero-order chi connectivity index (χ0) is 10.5. The second-order valence-corrected chi connectivity index (χ2v) is 4.29. The maximum Gasteiger partial charge on any atom is 0.310 e. The lowest BCUT2D eigenvalue weighted by Crippen LogP contribution is -2.43. The van der Waals surface area contributed by atoms with E-state index in [2.05, 4.69) is 0 Å². The minimum atomic E-state index is -1.12. The Labute approximate surface area is 81.2 Å². The van der Waals surface area contributed by atoms with Crippen LogP contribution in [0.4, 0.5) is 0 Å². The highest BCUT2D eigenvalue weighted by Gasteiger charge is 2.60. The number of carbonyl (C=O) groups is 2. The van der Waals surface area contributed by atoms with Crippen molar-refractivity contribution >= 4 is 11.9 Å². The van der Waals surface area contributed by atoms with E-state index in [1.807, 2.05) is 12.2 Å². The molecule has 2 N–H and O–H groups in total. The summed E-state index contributed by atoms with van der Waals surface area (Å²) < 4.78 is 0. The molecule has 0 radical (unpaired) electrons. The molecule has 0 heterocycles. The summed E-state index contributed by atoms with van der Waals surface area (Å²) in [5.41, 5.74) is -1.12. The quantitative estimate of drug-likeness (QED) is 0.646. The molecule has 2 rings (SSSR count). The molecule has 4 heteroatoms. The molecule has 0 aromatic rings. The molecule has 0 amide bonds. The fourth-order valence-electron chi connectivity index (χ4n) is 2.83. The largest absolute Gasteiger partial charge is 0.481 e. The summed E-state index contributed by atoms with van der Waals surface area (Å²) in [4.78, 5) is 22.1. The number of carboxylic acids is 2. The molecule has 4 nitrogen and oxygen atoms in total. The molecular formula is C10H12O4. The minimum Gasteiger partial charge on any atom is -0.481 e. The first-order chi connectivity index (χ1) is 6.48. The van der Waals surface area contributed by atoms with Crippen molar-refractivity contribution in [2.75, 3.05) is 0 Å². The first-order valence-electron chi connectivity index (χ1n) is 4.62. The Hall–Kier alpha value is -1.32. The van der Waals surface area contributed by atoms with Gasteiger partial charge in [-0.15, -0.1) is 0 Å². The highest BCUT2D eigenvalue weighted by atomic mass is 16.4. The Morgan fingerprint density at radius 3 is 2.43 bits per heavy atom. The van der Waals surface area contributed by atoms with Gasteiger partial charge in [-0.1, -0.05) is 12.2 Å². The standard InChI is InChI=1S/C10H12O4/c1-10(9(13)14)6-3-2-5(4-6)7(10)8(11)12/h2-3,5-7H,4H2,1H3,(H,11,12)(H,13,14)/t5-,6+,7-,10-/m1/s1. The van der Waals surface area contributed by atoms with Crippen LogP contribution in [0.3, 0.4) is 0 Å². The van der Waals surface area contributed by atoms with Crippen LogP contribution in [0.15, 0.2) is 12.2 Å². The summed E-state index contributed by atoms with van der Waals surface area (Å²) >= 11 is 0. The topological polar surface area (TPSA) is 74.6 Å². The van der Waals surface area contributed by atoms with Gasteiger partial charge in [0.2, 0.25) is 0 Å². The Bertz CT molecular complexity index is 333. The van der Waals surface area contributed by atoms with Gasteiger partial charge in [0, 0.05) is 0 Å². The fourth-order valence-corrected chi connectivity index (χ4v) is 2.83. The van der Waals surface area contributed by atoms with E-state index in [0.717, 1.165) is 0 Å². The molecule has 76 valence electrons. The van der Waals surface area contributed by atoms with Gasteiger partial charge in [-0.05, 0) is 25.2 Å². The van der Waals surface area contributed by atoms with E-state index in [-0.39, 0.29) is 11.8 Å². The van der Waals surface area contributed by atoms with Crippen LogP contribution in [-0.4, -0.2) is 22.2 Å². The lowest BCUT2D eigenvalue weighted by molar-refractivity contribution is -0.162. The fraction of sp³-hybridized carbons (Fsp3) is 0.600. The SMILES string of the molecule is C[C@@]1(C(=O)O)[C@H]2C=C[C@H](C2)[C@@H]1C(=O)O. The zero-order valence-corrected chi connectivity index (χ0v) is 7.80. The third-order valence-corrected chi connectivity index (χ3v) is 3.69. The van der Waals surface area contributed by atoms with Crippen LogP contribution in [0, 0.1) is 23.2 Å². The lowest BCUT2D eigenvalue weighted by Gasteiger charge is -2.31. The second kappa shape index (κ2) is 2.59. The van der Waals surface area contributed by atoms with Crippen LogP contribution in [-0.2, 0) is 9.59 Å². The number of fused-ring (bicyclic) bond motifs is 2. The molecule has 0 aromatic carbocycles. The molecule has 2 aliphatic carbocycles. The smallest absolute Gasteiger partial charge is 0.310 e. The van der Waals surface area contributed by atoms with Gasteiger partial charge in [-0.2, -0.15) is 0 Å². The highest BCUT2D eigenvalue weighted by Crippen LogP contribution is 2.56. The second-order valence-electron chi connectivity index (χ2n) is 4.29. The molecule has 0 saturated heterocycles. The third kappa shape index (κ3) is 0.882. The van der Waals surface area contributed by atoms with Crippen molar-refractivity contribution in [1.82, 2.24) is 0 Å². The van der Waals surface area contributed by atoms with Gasteiger partial charge < -0.3 is 10.2 Å². The Balaban J connectivity index is 2.45. The van der Waals surface area contributed by atoms with Crippen LogP contribution in [0.5, 0.6) is 0 Å². The van der Waals surface area contributed by atoms with Crippen molar-refractivity contribution < 1.29 is 19.8 Å². The van der Waals surface area contributed by atoms with Crippen LogP contribution in [0.2, 0.25) is 0 Å². The first-order valence-corrected chi connectivity index (χ1v) is 4.62. The third-order valence-electron chi connectivity index (χ3n) is 3.69. The minimum absolute atomic E-state index is 0.0985. The maximum absolute atomic E-state index is 11.1. The van der Waals surface area contributed by atoms with Crippen molar-refractivity contribution in [2.24, 2.45) is 23.2 Å².